The number of fused-ring (bicyclic) bond motifs is 3. The van der Waals surface area contributed by atoms with Crippen LogP contribution in [0.2, 0.25) is 0 Å². The van der Waals surface area contributed by atoms with Gasteiger partial charge in [-0.25, -0.2) is 9.38 Å². The molecule has 5 aliphatic rings. The van der Waals surface area contributed by atoms with Gasteiger partial charge in [0.1, 0.15) is 17.9 Å². The van der Waals surface area contributed by atoms with Crippen LogP contribution in [0.3, 0.4) is 0 Å². The van der Waals surface area contributed by atoms with Crippen LogP contribution >= 0.6 is 11.8 Å². The van der Waals surface area contributed by atoms with Crippen LogP contribution in [0.25, 0.3) is 11.1 Å². The average Bonchev–Trinajstić information content (AvgIpc) is 3.57. The molecule has 0 bridgehead atoms. The maximum Gasteiger partial charge on any atom is 0.199 e. The van der Waals surface area contributed by atoms with Crippen LogP contribution in [0, 0.1) is 17.1 Å². The zero-order valence-corrected chi connectivity index (χ0v) is 25.0. The highest BCUT2D eigenvalue weighted by Crippen LogP contribution is 2.49. The Balaban J connectivity index is 0.00000158. The molecule has 1 aromatic carbocycles. The number of nitrogens with one attached hydrogen (secondary N) is 2. The van der Waals surface area contributed by atoms with Gasteiger partial charge in [-0.1, -0.05) is 27.7 Å². The van der Waals surface area contributed by atoms with E-state index in [4.69, 9.17) is 15.5 Å². The number of hydrogen-bond donors (Lipinski definition) is 3. The molecular weight excluding hydrogens is 523 g/mol. The number of likely N-dealkylation sites (tertiary alicyclic amines) is 1. The summed E-state index contributed by atoms with van der Waals surface area (Å²) in [6, 6.07) is 6.36. The highest BCUT2D eigenvalue weighted by atomic mass is 32.2. The third kappa shape index (κ3) is 4.66. The molecule has 4 heterocycles. The third-order valence-electron chi connectivity index (χ3n) is 8.22. The first kappa shape index (κ1) is 28.5. The van der Waals surface area contributed by atoms with Gasteiger partial charge in [0.2, 0.25) is 0 Å². The third-order valence-corrected chi connectivity index (χ3v) is 9.33. The van der Waals surface area contributed by atoms with E-state index in [1.54, 1.807) is 17.8 Å². The van der Waals surface area contributed by atoms with Gasteiger partial charge in [-0.05, 0) is 54.7 Å². The summed E-state index contributed by atoms with van der Waals surface area (Å²) < 4.78 is 21.7. The van der Waals surface area contributed by atoms with Crippen molar-refractivity contribution in [2.45, 2.75) is 77.0 Å². The van der Waals surface area contributed by atoms with E-state index in [9.17, 15) is 5.26 Å². The van der Waals surface area contributed by atoms with Crippen molar-refractivity contribution < 1.29 is 9.13 Å². The monoisotopic (exact) mass is 562 g/mol. The lowest BCUT2D eigenvalue weighted by molar-refractivity contribution is 0.207. The molecule has 212 valence electrons. The van der Waals surface area contributed by atoms with E-state index in [0.717, 1.165) is 51.7 Å². The number of nitriles is 1. The summed E-state index contributed by atoms with van der Waals surface area (Å²) in [5.41, 5.74) is 13.0. The number of nitrogens with two attached hydrogens (primary N) is 1. The van der Waals surface area contributed by atoms with Gasteiger partial charge in [-0.2, -0.15) is 5.26 Å². The Hall–Kier alpha value is -3.06. The molecule has 40 heavy (non-hydrogen) atoms. The second-order valence-corrected chi connectivity index (χ2v) is 11.9. The maximum atomic E-state index is 15.8. The molecule has 7 nitrogen and oxygen atoms in total. The summed E-state index contributed by atoms with van der Waals surface area (Å²) >= 11 is 1.54. The summed E-state index contributed by atoms with van der Waals surface area (Å²) in [5.74, 6) is 1.00. The van der Waals surface area contributed by atoms with Crippen LogP contribution in [0.4, 0.5) is 4.39 Å². The van der Waals surface area contributed by atoms with Gasteiger partial charge in [-0.15, -0.1) is 11.8 Å². The standard InChI is InChI=1S/C29H33FN6OS.C2H6/c1-14(2)34-23-7-8-36(16(23)4)29-33-10-18-19-11-37-12-20(19)25(15(3)28(18)35-29)27-21(30)5-6-24-26(27)17(9-31)22(32)13-38-24;1-2/h5-6,10,14,16,23,28,34H,7-8,11-13,32H2,1-4H3,(H,33,35);1-2H3. The van der Waals surface area contributed by atoms with E-state index in [1.165, 1.54) is 6.07 Å². The Labute approximate surface area is 241 Å². The minimum Gasteiger partial charge on any atom is -0.400 e. The molecule has 1 aromatic rings. The van der Waals surface area contributed by atoms with Crippen LogP contribution in [0.5, 0.6) is 0 Å². The number of hydrogen-bond acceptors (Lipinski definition) is 8. The van der Waals surface area contributed by atoms with Crippen LogP contribution in [0.15, 0.2) is 56.2 Å². The molecule has 6 rings (SSSR count). The number of ether oxygens (including phenoxy) is 1. The first-order valence-corrected chi connectivity index (χ1v) is 15.2. The molecule has 1 fully saturated rings. The second-order valence-electron chi connectivity index (χ2n) is 10.9. The highest BCUT2D eigenvalue weighted by molar-refractivity contribution is 7.99. The zero-order valence-electron chi connectivity index (χ0n) is 24.2. The second kappa shape index (κ2) is 11.4. The number of thioether (sulfide) groups is 1. The topological polar surface area (TPSA) is 98.7 Å². The predicted molar refractivity (Wildman–Crippen MR) is 161 cm³/mol. The van der Waals surface area contributed by atoms with Crippen molar-refractivity contribution in [2.24, 2.45) is 10.7 Å². The van der Waals surface area contributed by atoms with Crippen molar-refractivity contribution in [3.05, 3.63) is 63.3 Å². The average molecular weight is 563 g/mol. The Bertz CT molecular complexity index is 1420. The van der Waals surface area contributed by atoms with E-state index >= 15 is 4.39 Å². The predicted octanol–water partition coefficient (Wildman–Crippen LogP) is 4.94. The van der Waals surface area contributed by atoms with Gasteiger partial charge in [0.15, 0.2) is 5.96 Å². The van der Waals surface area contributed by atoms with Crippen LogP contribution in [-0.2, 0) is 4.74 Å². The molecule has 1 aliphatic carbocycles. The minimum atomic E-state index is -0.360. The molecule has 0 amide bonds. The molecule has 4 aliphatic heterocycles. The smallest absolute Gasteiger partial charge is 0.199 e. The molecule has 3 atom stereocenters. The molecule has 1 saturated heterocycles. The Morgan fingerprint density at radius 2 is 2.00 bits per heavy atom. The van der Waals surface area contributed by atoms with E-state index in [0.29, 0.717) is 53.4 Å². The van der Waals surface area contributed by atoms with E-state index in [1.807, 2.05) is 20.8 Å². The first-order chi connectivity index (χ1) is 19.3. The molecule has 9 heteroatoms. The van der Waals surface area contributed by atoms with Gasteiger partial charge in [0.05, 0.1) is 18.8 Å². The van der Waals surface area contributed by atoms with Gasteiger partial charge in [0.25, 0.3) is 0 Å². The van der Waals surface area contributed by atoms with Crippen molar-refractivity contribution >= 4 is 28.9 Å². The van der Waals surface area contributed by atoms with Crippen LogP contribution in [0.1, 0.15) is 59.1 Å². The van der Waals surface area contributed by atoms with Crippen LogP contribution < -0.4 is 16.4 Å². The summed E-state index contributed by atoms with van der Waals surface area (Å²) in [7, 11) is 0. The summed E-state index contributed by atoms with van der Waals surface area (Å²) in [6.07, 6.45) is 3.10. The Kier molecular flexibility index (Phi) is 8.14. The van der Waals surface area contributed by atoms with E-state index in [2.05, 4.69) is 48.6 Å². The molecule has 0 radical (unpaired) electrons. The first-order valence-electron chi connectivity index (χ1n) is 14.2. The summed E-state index contributed by atoms with van der Waals surface area (Å²) in [6.45, 7) is 14.4. The fourth-order valence-corrected chi connectivity index (χ4v) is 7.37. The minimum absolute atomic E-state index is 0.260. The van der Waals surface area contributed by atoms with Gasteiger partial charge < -0.3 is 26.0 Å². The maximum absolute atomic E-state index is 15.8. The lowest BCUT2D eigenvalue weighted by atomic mass is 9.76. The van der Waals surface area contributed by atoms with Gasteiger partial charge in [-0.3, -0.25) is 0 Å². The quantitative estimate of drug-likeness (QED) is 0.480. The fourth-order valence-electron chi connectivity index (χ4n) is 6.40. The summed E-state index contributed by atoms with van der Waals surface area (Å²) in [5, 5.41) is 17.1. The largest absolute Gasteiger partial charge is 0.400 e. The van der Waals surface area contributed by atoms with Gasteiger partial charge >= 0.3 is 0 Å². The Morgan fingerprint density at radius 1 is 1.25 bits per heavy atom. The molecule has 0 spiro atoms. The molecule has 0 aromatic heterocycles. The number of aliphatic imine (C=N–C) groups is 1. The van der Waals surface area contributed by atoms with Crippen molar-refractivity contribution in [3.63, 3.8) is 0 Å². The number of rotatable bonds is 3. The van der Waals surface area contributed by atoms with Crippen LogP contribution in [-0.4, -0.2) is 60.5 Å². The van der Waals surface area contributed by atoms with Crippen molar-refractivity contribution in [3.8, 4) is 6.07 Å². The van der Waals surface area contributed by atoms with E-state index in [-0.39, 0.29) is 17.9 Å². The van der Waals surface area contributed by atoms with Gasteiger partial charge in [0, 0.05) is 63.9 Å². The zero-order chi connectivity index (χ0) is 28.7. The number of halogens is 1. The number of allylic oxidation sites excluding steroid dienone is 1. The summed E-state index contributed by atoms with van der Waals surface area (Å²) in [4.78, 5) is 8.42. The lowest BCUT2D eigenvalue weighted by Gasteiger charge is -2.36. The Morgan fingerprint density at radius 3 is 2.73 bits per heavy atom. The molecule has 3 unspecified atom stereocenters. The number of nitrogens with zero attached hydrogens (tertiary/aromatic N) is 3. The van der Waals surface area contributed by atoms with Crippen molar-refractivity contribution in [1.29, 1.82) is 5.26 Å². The highest BCUT2D eigenvalue weighted by Gasteiger charge is 2.40. The fraction of sp³-hybridized carbons (Fsp3) is 0.484. The normalized spacial score (nSPS) is 25.5. The number of benzene rings is 1. The molecular formula is C31H39FN6OS. The lowest BCUT2D eigenvalue weighted by Crippen LogP contribution is -2.49. The van der Waals surface area contributed by atoms with Crippen molar-refractivity contribution in [1.82, 2.24) is 15.5 Å². The van der Waals surface area contributed by atoms with E-state index < -0.39 is 0 Å². The number of guanidine groups is 1. The molecule has 4 N–H and O–H groups in total. The molecule has 0 saturated carbocycles. The SMILES string of the molecule is CC.CC1=C(c2c(F)ccc3c2C(C#N)=C(N)CS3)C2=C(COC2)C2=CNC(N3CCC(NC(C)C)C3C)=NC21. The van der Waals surface area contributed by atoms with Crippen molar-refractivity contribution in [2.75, 3.05) is 25.5 Å².